The van der Waals surface area contributed by atoms with Gasteiger partial charge in [-0.3, -0.25) is 0 Å². The van der Waals surface area contributed by atoms with E-state index in [1.54, 1.807) is 12.5 Å². The maximum absolute atomic E-state index is 6.39. The van der Waals surface area contributed by atoms with Gasteiger partial charge in [-0.2, -0.15) is 0 Å². The predicted octanol–water partition coefficient (Wildman–Crippen LogP) is 5.61. The van der Waals surface area contributed by atoms with Gasteiger partial charge in [0.25, 0.3) is 0 Å². The van der Waals surface area contributed by atoms with Crippen molar-refractivity contribution in [3.63, 3.8) is 0 Å². The summed E-state index contributed by atoms with van der Waals surface area (Å²) in [5.74, 6) is -0.0986. The van der Waals surface area contributed by atoms with Crippen LogP contribution < -0.4 is 4.74 Å². The summed E-state index contributed by atoms with van der Waals surface area (Å²) in [4.78, 5) is 5.05. The SMILES string of the molecule is Clc1ccc(C2(Cn3ccnc3)OCC(COc3ccc(-c4ccccc4)cc3)O2)s1. The highest BCUT2D eigenvalue weighted by atomic mass is 35.5. The molecule has 1 aliphatic rings. The van der Waals surface area contributed by atoms with Crippen LogP contribution in [0.1, 0.15) is 4.88 Å². The number of imidazole rings is 1. The molecule has 0 spiro atoms. The van der Waals surface area contributed by atoms with Gasteiger partial charge in [0.05, 0.1) is 28.7 Å². The van der Waals surface area contributed by atoms with Gasteiger partial charge < -0.3 is 18.8 Å². The van der Waals surface area contributed by atoms with Gasteiger partial charge in [0.1, 0.15) is 18.5 Å². The molecule has 2 aromatic carbocycles. The lowest BCUT2D eigenvalue weighted by Crippen LogP contribution is -2.33. The maximum atomic E-state index is 6.39. The second-order valence-corrected chi connectivity index (χ2v) is 9.06. The van der Waals surface area contributed by atoms with Crippen molar-refractivity contribution < 1.29 is 14.2 Å². The Morgan fingerprint density at radius 3 is 2.58 bits per heavy atom. The maximum Gasteiger partial charge on any atom is 0.223 e. The van der Waals surface area contributed by atoms with E-state index in [1.165, 1.54) is 16.9 Å². The van der Waals surface area contributed by atoms with Gasteiger partial charge in [-0.1, -0.05) is 54.1 Å². The number of rotatable bonds is 7. The van der Waals surface area contributed by atoms with Crippen molar-refractivity contribution in [2.45, 2.75) is 18.4 Å². The van der Waals surface area contributed by atoms with Crippen LogP contribution in [0.5, 0.6) is 5.75 Å². The summed E-state index contributed by atoms with van der Waals surface area (Å²) in [5.41, 5.74) is 2.34. The van der Waals surface area contributed by atoms with E-state index >= 15 is 0 Å². The Bertz CT molecular complexity index is 1120. The van der Waals surface area contributed by atoms with Crippen molar-refractivity contribution in [2.75, 3.05) is 13.2 Å². The predicted molar refractivity (Wildman–Crippen MR) is 121 cm³/mol. The molecule has 0 radical (unpaired) electrons. The van der Waals surface area contributed by atoms with Crippen molar-refractivity contribution >= 4 is 22.9 Å². The van der Waals surface area contributed by atoms with Crippen LogP contribution in [-0.4, -0.2) is 28.9 Å². The van der Waals surface area contributed by atoms with Gasteiger partial charge in [0.15, 0.2) is 0 Å². The molecule has 31 heavy (non-hydrogen) atoms. The van der Waals surface area contributed by atoms with Gasteiger partial charge in [-0.05, 0) is 35.4 Å². The summed E-state index contributed by atoms with van der Waals surface area (Å²) >= 11 is 7.64. The van der Waals surface area contributed by atoms with E-state index in [2.05, 4.69) is 29.2 Å². The third-order valence-electron chi connectivity index (χ3n) is 5.16. The van der Waals surface area contributed by atoms with Crippen LogP contribution in [0.3, 0.4) is 0 Å². The van der Waals surface area contributed by atoms with E-state index in [0.29, 0.717) is 24.1 Å². The molecule has 0 N–H and O–H groups in total. The van der Waals surface area contributed by atoms with E-state index < -0.39 is 5.79 Å². The van der Waals surface area contributed by atoms with Crippen LogP contribution in [0.25, 0.3) is 11.1 Å². The second kappa shape index (κ2) is 8.85. The average molecular weight is 453 g/mol. The molecule has 0 saturated carbocycles. The molecule has 5 rings (SSSR count). The molecule has 1 aliphatic heterocycles. The van der Waals surface area contributed by atoms with Crippen molar-refractivity contribution in [3.8, 4) is 16.9 Å². The second-order valence-electron chi connectivity index (χ2n) is 7.34. The molecule has 0 bridgehead atoms. The summed E-state index contributed by atoms with van der Waals surface area (Å²) in [5, 5.41) is 0. The van der Waals surface area contributed by atoms with Crippen LogP contribution in [0.2, 0.25) is 4.34 Å². The minimum Gasteiger partial charge on any atom is -0.491 e. The molecule has 5 nitrogen and oxygen atoms in total. The van der Waals surface area contributed by atoms with Crippen LogP contribution in [-0.2, 0) is 21.8 Å². The summed E-state index contributed by atoms with van der Waals surface area (Å²) in [6.07, 6.45) is 5.19. The van der Waals surface area contributed by atoms with E-state index in [0.717, 1.165) is 16.2 Å². The molecule has 158 valence electrons. The Kier molecular flexibility index (Phi) is 5.78. The molecule has 2 atom stereocenters. The number of halogens is 1. The zero-order valence-electron chi connectivity index (χ0n) is 16.7. The summed E-state index contributed by atoms with van der Waals surface area (Å²) in [6, 6.07) is 22.2. The van der Waals surface area contributed by atoms with E-state index in [4.69, 9.17) is 25.8 Å². The molecule has 1 fully saturated rings. The molecule has 3 heterocycles. The van der Waals surface area contributed by atoms with Crippen LogP contribution >= 0.6 is 22.9 Å². The first-order chi connectivity index (χ1) is 15.2. The van der Waals surface area contributed by atoms with E-state index in [1.807, 2.05) is 53.2 Å². The number of nitrogens with zero attached hydrogens (tertiary/aromatic N) is 2. The lowest BCUT2D eigenvalue weighted by Gasteiger charge is -2.27. The van der Waals surface area contributed by atoms with Gasteiger partial charge in [0, 0.05) is 12.4 Å². The Labute approximate surface area is 189 Å². The highest BCUT2D eigenvalue weighted by Gasteiger charge is 2.45. The lowest BCUT2D eigenvalue weighted by molar-refractivity contribution is -0.186. The molecule has 0 aliphatic carbocycles. The van der Waals surface area contributed by atoms with Crippen LogP contribution in [0.15, 0.2) is 85.5 Å². The van der Waals surface area contributed by atoms with Gasteiger partial charge >= 0.3 is 0 Å². The number of hydrogen-bond acceptors (Lipinski definition) is 5. The van der Waals surface area contributed by atoms with E-state index in [9.17, 15) is 0 Å². The van der Waals surface area contributed by atoms with Gasteiger partial charge in [-0.25, -0.2) is 4.98 Å². The fourth-order valence-electron chi connectivity index (χ4n) is 3.64. The molecule has 1 saturated heterocycles. The van der Waals surface area contributed by atoms with Crippen molar-refractivity contribution in [3.05, 3.63) is 94.7 Å². The highest BCUT2D eigenvalue weighted by molar-refractivity contribution is 7.16. The fraction of sp³-hybridized carbons (Fsp3) is 0.208. The Morgan fingerprint density at radius 2 is 1.87 bits per heavy atom. The number of thiophene rings is 1. The number of aromatic nitrogens is 2. The van der Waals surface area contributed by atoms with Crippen molar-refractivity contribution in [2.24, 2.45) is 0 Å². The van der Waals surface area contributed by atoms with Crippen molar-refractivity contribution in [1.29, 1.82) is 0 Å². The largest absolute Gasteiger partial charge is 0.491 e. The highest BCUT2D eigenvalue weighted by Crippen LogP contribution is 2.41. The molecule has 2 unspecified atom stereocenters. The van der Waals surface area contributed by atoms with Gasteiger partial charge in [0.2, 0.25) is 5.79 Å². The topological polar surface area (TPSA) is 45.5 Å². The third-order valence-corrected chi connectivity index (χ3v) is 6.51. The monoisotopic (exact) mass is 452 g/mol. The fourth-order valence-corrected chi connectivity index (χ4v) is 4.76. The van der Waals surface area contributed by atoms with Gasteiger partial charge in [-0.15, -0.1) is 11.3 Å². The first-order valence-corrected chi connectivity index (χ1v) is 11.2. The van der Waals surface area contributed by atoms with Crippen molar-refractivity contribution in [1.82, 2.24) is 9.55 Å². The van der Waals surface area contributed by atoms with E-state index in [-0.39, 0.29) is 6.10 Å². The quantitative estimate of drug-likeness (QED) is 0.365. The molecule has 2 aromatic heterocycles. The minimum absolute atomic E-state index is 0.196. The number of ether oxygens (including phenoxy) is 3. The first kappa shape index (κ1) is 20.3. The minimum atomic E-state index is -0.899. The zero-order chi connectivity index (χ0) is 21.1. The normalized spacial score (nSPS) is 20.7. The first-order valence-electron chi connectivity index (χ1n) is 10.0. The van der Waals surface area contributed by atoms with Crippen LogP contribution in [0.4, 0.5) is 0 Å². The Morgan fingerprint density at radius 1 is 1.06 bits per heavy atom. The molecular weight excluding hydrogens is 432 g/mol. The summed E-state index contributed by atoms with van der Waals surface area (Å²) in [6.45, 7) is 1.33. The molecule has 7 heteroatoms. The number of benzene rings is 2. The summed E-state index contributed by atoms with van der Waals surface area (Å²) in [7, 11) is 0. The smallest absolute Gasteiger partial charge is 0.223 e. The average Bonchev–Trinajstić information content (AvgIpc) is 3.56. The zero-order valence-corrected chi connectivity index (χ0v) is 18.3. The number of hydrogen-bond donors (Lipinski definition) is 0. The molecule has 0 amide bonds. The summed E-state index contributed by atoms with van der Waals surface area (Å²) < 4.78 is 21.2. The lowest BCUT2D eigenvalue weighted by atomic mass is 10.1. The van der Waals surface area contributed by atoms with Crippen LogP contribution in [0, 0.1) is 0 Å². The third kappa shape index (κ3) is 4.52. The standard InChI is InChI=1S/C24H21ClN2O3S/c25-23-11-10-22(31-23)24(16-27-13-12-26-17-27)29-15-21(30-24)14-28-20-8-6-19(7-9-20)18-4-2-1-3-5-18/h1-13,17,21H,14-16H2. The molecular formula is C24H21ClN2O3S. The Balaban J connectivity index is 1.25. The molecule has 4 aromatic rings. The Hall–Kier alpha value is -2.64.